The van der Waals surface area contributed by atoms with Gasteiger partial charge in [0.05, 0.1) is 18.4 Å². The van der Waals surface area contributed by atoms with Crippen molar-refractivity contribution >= 4 is 6.21 Å². The third-order valence-electron chi connectivity index (χ3n) is 2.24. The molecule has 0 atom stereocenters. The van der Waals surface area contributed by atoms with Crippen LogP contribution in [0.3, 0.4) is 0 Å². The molecular weight excluding hydrogens is 195 g/mol. The summed E-state index contributed by atoms with van der Waals surface area (Å²) >= 11 is 0. The van der Waals surface area contributed by atoms with Gasteiger partial charge >= 0.3 is 0 Å². The Morgan fingerprint density at radius 3 is 3.00 bits per heavy atom. The van der Waals surface area contributed by atoms with Gasteiger partial charge in [0, 0.05) is 18.0 Å². The number of rotatable bonds is 1. The highest BCUT2D eigenvalue weighted by molar-refractivity contribution is 5.83. The molecule has 2 aromatic rings. The van der Waals surface area contributed by atoms with Crippen molar-refractivity contribution in [1.29, 1.82) is 0 Å². The van der Waals surface area contributed by atoms with Crippen molar-refractivity contribution in [3.63, 3.8) is 0 Å². The second-order valence-corrected chi connectivity index (χ2v) is 3.28. The SMILES string of the molecule is Fc1ccc(-n2cc3c(n2)CN=C3)nc1. The molecule has 0 bridgehead atoms. The molecule has 0 spiro atoms. The number of pyridine rings is 1. The molecule has 0 saturated carbocycles. The summed E-state index contributed by atoms with van der Waals surface area (Å²) in [6.07, 6.45) is 4.80. The van der Waals surface area contributed by atoms with E-state index in [1.165, 1.54) is 12.3 Å². The van der Waals surface area contributed by atoms with E-state index in [2.05, 4.69) is 15.1 Å². The van der Waals surface area contributed by atoms with Crippen LogP contribution in [0, 0.1) is 5.82 Å². The molecule has 0 aromatic carbocycles. The van der Waals surface area contributed by atoms with Gasteiger partial charge < -0.3 is 0 Å². The number of aliphatic imine (C=N–C) groups is 1. The van der Waals surface area contributed by atoms with Crippen LogP contribution in [0.5, 0.6) is 0 Å². The fraction of sp³-hybridized carbons (Fsp3) is 0.100. The lowest BCUT2D eigenvalue weighted by atomic mass is 10.3. The number of nitrogens with zero attached hydrogens (tertiary/aromatic N) is 4. The first-order chi connectivity index (χ1) is 7.33. The van der Waals surface area contributed by atoms with Crippen LogP contribution >= 0.6 is 0 Å². The van der Waals surface area contributed by atoms with Crippen molar-refractivity contribution in [2.24, 2.45) is 4.99 Å². The first-order valence-corrected chi connectivity index (χ1v) is 4.53. The number of halogens is 1. The average molecular weight is 202 g/mol. The lowest BCUT2D eigenvalue weighted by Crippen LogP contribution is -1.98. The molecule has 0 saturated heterocycles. The van der Waals surface area contributed by atoms with Gasteiger partial charge in [-0.1, -0.05) is 0 Å². The molecule has 5 heteroatoms. The van der Waals surface area contributed by atoms with E-state index in [0.29, 0.717) is 12.4 Å². The molecule has 0 fully saturated rings. The van der Waals surface area contributed by atoms with Gasteiger partial charge in [0.15, 0.2) is 5.82 Å². The fourth-order valence-corrected chi connectivity index (χ4v) is 1.51. The smallest absolute Gasteiger partial charge is 0.153 e. The zero-order chi connectivity index (χ0) is 10.3. The van der Waals surface area contributed by atoms with Crippen LogP contribution in [0.15, 0.2) is 29.5 Å². The molecule has 0 aliphatic carbocycles. The van der Waals surface area contributed by atoms with Crippen molar-refractivity contribution < 1.29 is 4.39 Å². The molecule has 3 rings (SSSR count). The van der Waals surface area contributed by atoms with Crippen LogP contribution in [0.2, 0.25) is 0 Å². The Morgan fingerprint density at radius 2 is 2.27 bits per heavy atom. The second-order valence-electron chi connectivity index (χ2n) is 3.28. The maximum absolute atomic E-state index is 12.7. The topological polar surface area (TPSA) is 43.1 Å². The van der Waals surface area contributed by atoms with Gasteiger partial charge in [0.1, 0.15) is 5.82 Å². The number of aromatic nitrogens is 3. The van der Waals surface area contributed by atoms with E-state index in [-0.39, 0.29) is 5.82 Å². The summed E-state index contributed by atoms with van der Waals surface area (Å²) in [5.74, 6) is 0.263. The minimum Gasteiger partial charge on any atom is -0.286 e. The largest absolute Gasteiger partial charge is 0.286 e. The van der Waals surface area contributed by atoms with Gasteiger partial charge in [0.2, 0.25) is 0 Å². The Kier molecular flexibility index (Phi) is 1.65. The standard InChI is InChI=1S/C10H7FN4/c11-8-1-2-10(13-4-8)15-6-7-3-12-5-9(7)14-15/h1-4,6H,5H2. The maximum Gasteiger partial charge on any atom is 0.153 e. The van der Waals surface area contributed by atoms with Crippen LogP contribution in [0.4, 0.5) is 4.39 Å². The first kappa shape index (κ1) is 8.28. The normalized spacial score (nSPS) is 13.1. The summed E-state index contributed by atoms with van der Waals surface area (Å²) < 4.78 is 14.3. The van der Waals surface area contributed by atoms with E-state index in [0.717, 1.165) is 11.3 Å². The minimum atomic E-state index is -0.347. The highest BCUT2D eigenvalue weighted by Gasteiger charge is 2.12. The first-order valence-electron chi connectivity index (χ1n) is 4.53. The third-order valence-corrected chi connectivity index (χ3v) is 2.24. The highest BCUT2D eigenvalue weighted by atomic mass is 19.1. The Morgan fingerprint density at radius 1 is 1.33 bits per heavy atom. The molecule has 1 aliphatic rings. The summed E-state index contributed by atoms with van der Waals surface area (Å²) in [4.78, 5) is 8.02. The van der Waals surface area contributed by atoms with E-state index in [4.69, 9.17) is 0 Å². The Balaban J connectivity index is 2.05. The second kappa shape index (κ2) is 2.98. The average Bonchev–Trinajstić information content (AvgIpc) is 2.78. The van der Waals surface area contributed by atoms with Crippen LogP contribution in [0.1, 0.15) is 11.3 Å². The minimum absolute atomic E-state index is 0.347. The molecule has 74 valence electrons. The summed E-state index contributed by atoms with van der Waals surface area (Å²) in [5.41, 5.74) is 1.93. The van der Waals surface area contributed by atoms with Crippen LogP contribution in [0.25, 0.3) is 5.82 Å². The lowest BCUT2D eigenvalue weighted by molar-refractivity contribution is 0.619. The highest BCUT2D eigenvalue weighted by Crippen LogP contribution is 2.14. The number of fused-ring (bicyclic) bond motifs is 1. The summed E-state index contributed by atoms with van der Waals surface area (Å²) in [7, 11) is 0. The van der Waals surface area contributed by atoms with Crippen molar-refractivity contribution in [1.82, 2.24) is 14.8 Å². The van der Waals surface area contributed by atoms with Gasteiger partial charge in [-0.3, -0.25) is 4.99 Å². The molecule has 0 radical (unpaired) electrons. The van der Waals surface area contributed by atoms with Gasteiger partial charge in [-0.2, -0.15) is 5.10 Å². The van der Waals surface area contributed by atoms with Crippen molar-refractivity contribution in [2.75, 3.05) is 0 Å². The van der Waals surface area contributed by atoms with E-state index in [9.17, 15) is 4.39 Å². The molecule has 4 nitrogen and oxygen atoms in total. The molecule has 1 aliphatic heterocycles. The maximum atomic E-state index is 12.7. The van der Waals surface area contributed by atoms with Crippen LogP contribution < -0.4 is 0 Å². The Bertz CT molecular complexity index is 527. The molecule has 0 amide bonds. The zero-order valence-corrected chi connectivity index (χ0v) is 7.76. The predicted molar refractivity (Wildman–Crippen MR) is 52.6 cm³/mol. The molecule has 3 heterocycles. The van der Waals surface area contributed by atoms with Gasteiger partial charge in [-0.25, -0.2) is 14.1 Å². The van der Waals surface area contributed by atoms with Crippen molar-refractivity contribution in [3.05, 3.63) is 41.6 Å². The summed E-state index contributed by atoms with van der Waals surface area (Å²) in [6, 6.07) is 2.96. The number of hydrogen-bond acceptors (Lipinski definition) is 3. The molecular formula is C10H7FN4. The van der Waals surface area contributed by atoms with E-state index >= 15 is 0 Å². The van der Waals surface area contributed by atoms with Gasteiger partial charge in [-0.15, -0.1) is 0 Å². The molecule has 0 N–H and O–H groups in total. The summed E-state index contributed by atoms with van der Waals surface area (Å²) in [5, 5.41) is 4.30. The monoisotopic (exact) mass is 202 g/mol. The van der Waals surface area contributed by atoms with E-state index < -0.39 is 0 Å². The van der Waals surface area contributed by atoms with Gasteiger partial charge in [0.25, 0.3) is 0 Å². The Hall–Kier alpha value is -2.04. The van der Waals surface area contributed by atoms with E-state index in [1.54, 1.807) is 17.0 Å². The third kappa shape index (κ3) is 1.32. The van der Waals surface area contributed by atoms with Gasteiger partial charge in [-0.05, 0) is 12.1 Å². The predicted octanol–water partition coefficient (Wildman–Crippen LogP) is 1.34. The molecule has 2 aromatic heterocycles. The quantitative estimate of drug-likeness (QED) is 0.700. The summed E-state index contributed by atoms with van der Waals surface area (Å²) in [6.45, 7) is 0.615. The van der Waals surface area contributed by atoms with Crippen molar-refractivity contribution in [2.45, 2.75) is 6.54 Å². The van der Waals surface area contributed by atoms with E-state index in [1.807, 2.05) is 6.20 Å². The zero-order valence-electron chi connectivity index (χ0n) is 7.76. The fourth-order valence-electron chi connectivity index (χ4n) is 1.51. The number of hydrogen-bond donors (Lipinski definition) is 0. The van der Waals surface area contributed by atoms with Crippen molar-refractivity contribution in [3.8, 4) is 5.82 Å². The van der Waals surface area contributed by atoms with Crippen LogP contribution in [-0.4, -0.2) is 21.0 Å². The van der Waals surface area contributed by atoms with Crippen LogP contribution in [-0.2, 0) is 6.54 Å². The molecule has 15 heavy (non-hydrogen) atoms. The lowest BCUT2D eigenvalue weighted by Gasteiger charge is -1.98. The molecule has 0 unspecified atom stereocenters. The Labute approximate surface area is 85.1 Å².